The van der Waals surface area contributed by atoms with Gasteiger partial charge < -0.3 is 10.0 Å². The van der Waals surface area contributed by atoms with Gasteiger partial charge in [-0.05, 0) is 51.7 Å². The van der Waals surface area contributed by atoms with Crippen molar-refractivity contribution in [2.75, 3.05) is 19.0 Å². The molecule has 1 aromatic heterocycles. The highest BCUT2D eigenvalue weighted by Crippen LogP contribution is 2.43. The van der Waals surface area contributed by atoms with Crippen molar-refractivity contribution in [3.63, 3.8) is 0 Å². The average molecular weight is 475 g/mol. The third-order valence-electron chi connectivity index (χ3n) is 5.89. The lowest BCUT2D eigenvalue weighted by Crippen LogP contribution is -2.33. The number of carbonyl (C=O) groups excluding carboxylic acids is 3. The predicted molar refractivity (Wildman–Crippen MR) is 134 cm³/mol. The summed E-state index contributed by atoms with van der Waals surface area (Å²) in [6.45, 7) is 3.44. The van der Waals surface area contributed by atoms with Gasteiger partial charge in [-0.15, -0.1) is 0 Å². The molecular formula is C27H26N2O4S. The fourth-order valence-corrected chi connectivity index (χ4v) is 4.81. The number of ketones is 1. The Morgan fingerprint density at radius 2 is 1.68 bits per heavy atom. The second-order valence-electron chi connectivity index (χ2n) is 8.70. The molecule has 1 atom stereocenters. The quantitative estimate of drug-likeness (QED) is 0.530. The molecule has 1 aliphatic rings. The Morgan fingerprint density at radius 1 is 1.00 bits per heavy atom. The molecule has 34 heavy (non-hydrogen) atoms. The molecule has 7 heteroatoms. The van der Waals surface area contributed by atoms with Crippen LogP contribution in [0.2, 0.25) is 0 Å². The lowest BCUT2D eigenvalue weighted by atomic mass is 9.88. The number of amides is 2. The van der Waals surface area contributed by atoms with Crippen LogP contribution in [0.1, 0.15) is 35.8 Å². The number of hydrogen-bond acceptors (Lipinski definition) is 5. The van der Waals surface area contributed by atoms with Crippen molar-refractivity contribution in [1.29, 1.82) is 0 Å². The van der Waals surface area contributed by atoms with Crippen molar-refractivity contribution in [3.05, 3.63) is 87.8 Å². The number of rotatable bonds is 6. The Labute approximate surface area is 202 Å². The number of thiophene rings is 1. The Kier molecular flexibility index (Phi) is 6.39. The van der Waals surface area contributed by atoms with E-state index in [1.165, 1.54) is 9.80 Å². The van der Waals surface area contributed by atoms with E-state index >= 15 is 0 Å². The Hall–Kier alpha value is -3.71. The zero-order chi connectivity index (χ0) is 24.6. The Morgan fingerprint density at radius 3 is 2.26 bits per heavy atom. The van der Waals surface area contributed by atoms with E-state index in [1.54, 1.807) is 75.7 Å². The van der Waals surface area contributed by atoms with Crippen LogP contribution in [0.25, 0.3) is 11.1 Å². The fourth-order valence-electron chi connectivity index (χ4n) is 4.14. The van der Waals surface area contributed by atoms with E-state index in [0.717, 1.165) is 11.1 Å². The topological polar surface area (TPSA) is 77.9 Å². The van der Waals surface area contributed by atoms with Crippen LogP contribution in [0.4, 0.5) is 5.69 Å². The van der Waals surface area contributed by atoms with E-state index < -0.39 is 23.6 Å². The highest BCUT2D eigenvalue weighted by molar-refractivity contribution is 7.08. The molecule has 2 heterocycles. The van der Waals surface area contributed by atoms with Crippen LogP contribution in [0.15, 0.2) is 76.7 Å². The zero-order valence-corrected chi connectivity index (χ0v) is 20.3. The molecule has 2 aromatic carbocycles. The second kappa shape index (κ2) is 9.27. The van der Waals surface area contributed by atoms with Gasteiger partial charge in [-0.25, -0.2) is 0 Å². The minimum atomic E-state index is -0.922. The molecule has 0 saturated carbocycles. The van der Waals surface area contributed by atoms with Crippen LogP contribution in [0.3, 0.4) is 0 Å². The van der Waals surface area contributed by atoms with Gasteiger partial charge in [0.25, 0.3) is 11.8 Å². The van der Waals surface area contributed by atoms with E-state index in [0.29, 0.717) is 16.8 Å². The highest BCUT2D eigenvalue weighted by atomic mass is 32.1. The van der Waals surface area contributed by atoms with Gasteiger partial charge in [0.2, 0.25) is 0 Å². The van der Waals surface area contributed by atoms with Gasteiger partial charge in [0.15, 0.2) is 11.5 Å². The molecule has 4 rings (SSSR count). The minimum Gasteiger partial charge on any atom is -0.503 e. The van der Waals surface area contributed by atoms with Crippen molar-refractivity contribution in [3.8, 4) is 11.1 Å². The third kappa shape index (κ3) is 4.03. The van der Waals surface area contributed by atoms with Crippen LogP contribution in [-0.2, 0) is 9.59 Å². The van der Waals surface area contributed by atoms with E-state index in [9.17, 15) is 19.5 Å². The summed E-state index contributed by atoms with van der Waals surface area (Å²) in [5.74, 6) is -2.26. The molecular weight excluding hydrogens is 448 g/mol. The van der Waals surface area contributed by atoms with E-state index in [-0.39, 0.29) is 17.3 Å². The maximum Gasteiger partial charge on any atom is 0.294 e. The summed E-state index contributed by atoms with van der Waals surface area (Å²) in [6, 6.07) is 15.4. The number of aliphatic hydroxyl groups excluding tert-OH is 1. The van der Waals surface area contributed by atoms with Crippen molar-refractivity contribution >= 4 is 34.6 Å². The van der Waals surface area contributed by atoms with Gasteiger partial charge >= 0.3 is 0 Å². The van der Waals surface area contributed by atoms with Crippen LogP contribution < -0.4 is 4.90 Å². The first-order valence-corrected chi connectivity index (χ1v) is 11.9. The van der Waals surface area contributed by atoms with Gasteiger partial charge in [0.05, 0.1) is 11.6 Å². The lowest BCUT2D eigenvalue weighted by Gasteiger charge is -2.29. The Balaban J connectivity index is 1.88. The zero-order valence-electron chi connectivity index (χ0n) is 19.5. The molecule has 0 aliphatic carbocycles. The summed E-state index contributed by atoms with van der Waals surface area (Å²) < 4.78 is 0. The van der Waals surface area contributed by atoms with Gasteiger partial charge in [-0.1, -0.05) is 44.2 Å². The summed E-state index contributed by atoms with van der Waals surface area (Å²) in [6.07, 6.45) is 0. The first-order valence-electron chi connectivity index (χ1n) is 11.0. The molecule has 0 radical (unpaired) electrons. The first-order chi connectivity index (χ1) is 16.2. The smallest absolute Gasteiger partial charge is 0.294 e. The normalized spacial score (nSPS) is 15.9. The number of Topliss-reactive ketones (excluding diaryl/α,β-unsaturated/α-hetero) is 1. The molecule has 0 fully saturated rings. The number of anilines is 1. The minimum absolute atomic E-state index is 0.0147. The first kappa shape index (κ1) is 23.4. The molecule has 0 spiro atoms. The predicted octanol–water partition coefficient (Wildman–Crippen LogP) is 5.24. The van der Waals surface area contributed by atoms with E-state index in [1.807, 2.05) is 29.0 Å². The molecule has 0 bridgehead atoms. The molecule has 1 unspecified atom stereocenters. The molecule has 1 N–H and O–H groups in total. The monoisotopic (exact) mass is 474 g/mol. The van der Waals surface area contributed by atoms with E-state index in [2.05, 4.69) is 0 Å². The van der Waals surface area contributed by atoms with Gasteiger partial charge in [0.1, 0.15) is 0 Å². The molecule has 2 amide bonds. The van der Waals surface area contributed by atoms with Gasteiger partial charge in [0, 0.05) is 31.3 Å². The molecule has 6 nitrogen and oxygen atoms in total. The van der Waals surface area contributed by atoms with Crippen molar-refractivity contribution in [2.24, 2.45) is 5.92 Å². The summed E-state index contributed by atoms with van der Waals surface area (Å²) in [4.78, 5) is 42.4. The highest BCUT2D eigenvalue weighted by Gasteiger charge is 2.46. The lowest BCUT2D eigenvalue weighted by molar-refractivity contribution is -0.119. The third-order valence-corrected chi connectivity index (χ3v) is 6.57. The van der Waals surface area contributed by atoms with Crippen LogP contribution in [0, 0.1) is 5.92 Å². The average Bonchev–Trinajstić information content (AvgIpc) is 3.45. The maximum atomic E-state index is 13.3. The van der Waals surface area contributed by atoms with Gasteiger partial charge in [-0.3, -0.25) is 19.3 Å². The molecule has 174 valence electrons. The molecule has 3 aromatic rings. The number of aliphatic hydroxyl groups is 1. The van der Waals surface area contributed by atoms with Crippen LogP contribution in [-0.4, -0.2) is 41.7 Å². The Bertz CT molecular complexity index is 1270. The summed E-state index contributed by atoms with van der Waals surface area (Å²) in [5, 5.41) is 14.9. The second-order valence-corrected chi connectivity index (χ2v) is 9.48. The number of nitrogens with zero attached hydrogens (tertiary/aromatic N) is 2. The standard InChI is InChI=1S/C27H26N2O4S/c1-16(2)24(30)22-23(20-7-5-6-8-21(20)26(32)28(3)4)29(27(33)25(22)31)19-11-9-17(10-12-19)18-13-14-34-15-18/h5-16,23,31H,1-4H3. The SMILES string of the molecule is CC(C)C(=O)C1=C(O)C(=O)N(c2ccc(-c3ccsc3)cc2)C1c1ccccc1C(=O)N(C)C. The van der Waals surface area contributed by atoms with E-state index in [4.69, 9.17) is 0 Å². The van der Waals surface area contributed by atoms with Crippen molar-refractivity contribution in [1.82, 2.24) is 4.90 Å². The van der Waals surface area contributed by atoms with Crippen LogP contribution in [0.5, 0.6) is 0 Å². The van der Waals surface area contributed by atoms with Crippen molar-refractivity contribution < 1.29 is 19.5 Å². The number of hydrogen-bond donors (Lipinski definition) is 1. The molecule has 0 saturated heterocycles. The largest absolute Gasteiger partial charge is 0.503 e. The summed E-state index contributed by atoms with van der Waals surface area (Å²) in [7, 11) is 3.29. The molecule has 1 aliphatic heterocycles. The van der Waals surface area contributed by atoms with Crippen LogP contribution >= 0.6 is 11.3 Å². The van der Waals surface area contributed by atoms with Gasteiger partial charge in [-0.2, -0.15) is 11.3 Å². The summed E-state index contributed by atoms with van der Waals surface area (Å²) in [5.41, 5.74) is 3.46. The maximum absolute atomic E-state index is 13.3. The summed E-state index contributed by atoms with van der Waals surface area (Å²) >= 11 is 1.60. The number of benzene rings is 2. The fraction of sp³-hybridized carbons (Fsp3) is 0.222. The van der Waals surface area contributed by atoms with Crippen molar-refractivity contribution in [2.45, 2.75) is 19.9 Å². The number of carbonyl (C=O) groups is 3.